The summed E-state index contributed by atoms with van der Waals surface area (Å²) in [5, 5.41) is 0. The highest BCUT2D eigenvalue weighted by atomic mass is 35.5. The minimum atomic E-state index is -0.528. The number of benzene rings is 1. The Labute approximate surface area is 89.9 Å². The number of hydrogen-bond donors (Lipinski definition) is 2. The van der Waals surface area contributed by atoms with Crippen LogP contribution < -0.4 is 11.5 Å². The first-order chi connectivity index (χ1) is 6.20. The summed E-state index contributed by atoms with van der Waals surface area (Å²) in [4.78, 5) is 10.6. The van der Waals surface area contributed by atoms with Crippen LogP contribution in [0.25, 0.3) is 0 Å². The van der Waals surface area contributed by atoms with Gasteiger partial charge in [-0.05, 0) is 18.4 Å². The molecule has 0 radical (unpaired) electrons. The summed E-state index contributed by atoms with van der Waals surface area (Å²) in [5.74, 6) is -0.434. The van der Waals surface area contributed by atoms with Crippen molar-refractivity contribution in [2.24, 2.45) is 11.5 Å². The number of aryl methyl sites for hydroxylation is 1. The lowest BCUT2D eigenvalue weighted by molar-refractivity contribution is -0.119. The van der Waals surface area contributed by atoms with E-state index in [-0.39, 0.29) is 12.4 Å². The van der Waals surface area contributed by atoms with Crippen molar-refractivity contribution < 1.29 is 4.79 Å². The molecule has 0 aliphatic carbocycles. The van der Waals surface area contributed by atoms with Gasteiger partial charge in [0.2, 0.25) is 5.91 Å². The van der Waals surface area contributed by atoms with Gasteiger partial charge in [-0.3, -0.25) is 4.79 Å². The zero-order valence-electron chi connectivity index (χ0n) is 7.85. The molecule has 1 amide bonds. The van der Waals surface area contributed by atoms with E-state index >= 15 is 0 Å². The molecular formula is C10H15ClN2O. The van der Waals surface area contributed by atoms with Crippen molar-refractivity contribution in [2.75, 3.05) is 0 Å². The normalized spacial score (nSPS) is 11.5. The number of halogens is 1. The van der Waals surface area contributed by atoms with E-state index in [1.165, 1.54) is 5.56 Å². The van der Waals surface area contributed by atoms with E-state index in [0.29, 0.717) is 6.42 Å². The Bertz CT molecular complexity index is 277. The SMILES string of the molecule is Cl.NC(=O)[C@@H](N)CCc1ccccc1. The molecule has 4 N–H and O–H groups in total. The lowest BCUT2D eigenvalue weighted by Crippen LogP contribution is -2.36. The molecule has 0 aromatic heterocycles. The minimum absolute atomic E-state index is 0. The van der Waals surface area contributed by atoms with E-state index in [1.54, 1.807) is 0 Å². The van der Waals surface area contributed by atoms with Gasteiger partial charge in [-0.15, -0.1) is 12.4 Å². The van der Waals surface area contributed by atoms with Crippen LogP contribution in [0.5, 0.6) is 0 Å². The third-order valence-corrected chi connectivity index (χ3v) is 1.95. The van der Waals surface area contributed by atoms with Gasteiger partial charge < -0.3 is 11.5 Å². The molecule has 1 aromatic carbocycles. The van der Waals surface area contributed by atoms with Crippen LogP contribution in [0.15, 0.2) is 30.3 Å². The standard InChI is InChI=1S/C10H14N2O.ClH/c11-9(10(12)13)7-6-8-4-2-1-3-5-8;/h1-5,9H,6-7,11H2,(H2,12,13);1H/t9-;/m0./s1. The molecule has 1 atom stereocenters. The average molecular weight is 215 g/mol. The molecule has 0 saturated carbocycles. The van der Waals surface area contributed by atoms with Crippen molar-refractivity contribution in [3.63, 3.8) is 0 Å². The Kier molecular flexibility index (Phi) is 5.92. The number of primary amides is 1. The fourth-order valence-electron chi connectivity index (χ4n) is 1.11. The zero-order chi connectivity index (χ0) is 9.68. The fraction of sp³-hybridized carbons (Fsp3) is 0.300. The number of nitrogens with two attached hydrogens (primary N) is 2. The topological polar surface area (TPSA) is 69.1 Å². The van der Waals surface area contributed by atoms with Crippen LogP contribution in [-0.2, 0) is 11.2 Å². The molecule has 0 fully saturated rings. The van der Waals surface area contributed by atoms with Crippen LogP contribution >= 0.6 is 12.4 Å². The van der Waals surface area contributed by atoms with Crippen LogP contribution in [0, 0.1) is 0 Å². The Morgan fingerprint density at radius 1 is 1.29 bits per heavy atom. The maximum Gasteiger partial charge on any atom is 0.234 e. The number of amides is 1. The van der Waals surface area contributed by atoms with Crippen molar-refractivity contribution in [1.29, 1.82) is 0 Å². The molecule has 1 aromatic rings. The number of carbonyl (C=O) groups is 1. The third kappa shape index (κ3) is 4.25. The Hall–Kier alpha value is -1.06. The molecule has 4 heteroatoms. The summed E-state index contributed by atoms with van der Waals surface area (Å²) in [7, 11) is 0. The molecular weight excluding hydrogens is 200 g/mol. The van der Waals surface area contributed by atoms with Gasteiger partial charge in [0.05, 0.1) is 6.04 Å². The second kappa shape index (κ2) is 6.40. The molecule has 0 spiro atoms. The summed E-state index contributed by atoms with van der Waals surface area (Å²) in [6.07, 6.45) is 1.41. The fourth-order valence-corrected chi connectivity index (χ4v) is 1.11. The molecule has 14 heavy (non-hydrogen) atoms. The highest BCUT2D eigenvalue weighted by Gasteiger charge is 2.08. The van der Waals surface area contributed by atoms with E-state index < -0.39 is 11.9 Å². The second-order valence-corrected chi connectivity index (χ2v) is 3.03. The second-order valence-electron chi connectivity index (χ2n) is 3.03. The first-order valence-electron chi connectivity index (χ1n) is 4.29. The van der Waals surface area contributed by atoms with Crippen LogP contribution in [-0.4, -0.2) is 11.9 Å². The predicted molar refractivity (Wildman–Crippen MR) is 59.2 cm³/mol. The summed E-state index contributed by atoms with van der Waals surface area (Å²) in [5.41, 5.74) is 11.7. The molecule has 0 saturated heterocycles. The van der Waals surface area contributed by atoms with Crippen molar-refractivity contribution in [3.8, 4) is 0 Å². The molecule has 0 aliphatic heterocycles. The van der Waals surface area contributed by atoms with Gasteiger partial charge in [0, 0.05) is 0 Å². The van der Waals surface area contributed by atoms with Crippen LogP contribution in [0.4, 0.5) is 0 Å². The number of carbonyl (C=O) groups excluding carboxylic acids is 1. The van der Waals surface area contributed by atoms with Gasteiger partial charge in [0.1, 0.15) is 0 Å². The van der Waals surface area contributed by atoms with E-state index in [1.807, 2.05) is 30.3 Å². The quantitative estimate of drug-likeness (QED) is 0.781. The van der Waals surface area contributed by atoms with E-state index in [2.05, 4.69) is 0 Å². The lowest BCUT2D eigenvalue weighted by atomic mass is 10.1. The van der Waals surface area contributed by atoms with Crippen LogP contribution in [0.3, 0.4) is 0 Å². The predicted octanol–water partition coefficient (Wildman–Crippen LogP) is 0.854. The highest BCUT2D eigenvalue weighted by molar-refractivity contribution is 5.85. The van der Waals surface area contributed by atoms with Crippen LogP contribution in [0.2, 0.25) is 0 Å². The lowest BCUT2D eigenvalue weighted by Gasteiger charge is -2.06. The molecule has 1 rings (SSSR count). The summed E-state index contributed by atoms with van der Waals surface area (Å²) in [6, 6.07) is 9.37. The first-order valence-corrected chi connectivity index (χ1v) is 4.29. The molecule has 3 nitrogen and oxygen atoms in total. The molecule has 78 valence electrons. The van der Waals surface area contributed by atoms with E-state index in [9.17, 15) is 4.79 Å². The number of hydrogen-bond acceptors (Lipinski definition) is 2. The van der Waals surface area contributed by atoms with Crippen molar-refractivity contribution >= 4 is 18.3 Å². The molecule has 0 aliphatic rings. The van der Waals surface area contributed by atoms with Crippen molar-refractivity contribution in [2.45, 2.75) is 18.9 Å². The van der Waals surface area contributed by atoms with Gasteiger partial charge in [-0.1, -0.05) is 30.3 Å². The smallest absolute Gasteiger partial charge is 0.234 e. The van der Waals surface area contributed by atoms with Crippen molar-refractivity contribution in [3.05, 3.63) is 35.9 Å². The summed E-state index contributed by atoms with van der Waals surface area (Å²) < 4.78 is 0. The maximum absolute atomic E-state index is 10.6. The number of rotatable bonds is 4. The van der Waals surface area contributed by atoms with E-state index in [4.69, 9.17) is 11.5 Å². The molecule has 0 heterocycles. The van der Waals surface area contributed by atoms with Gasteiger partial charge in [-0.2, -0.15) is 0 Å². The molecule has 0 bridgehead atoms. The average Bonchev–Trinajstić information content (AvgIpc) is 2.15. The van der Waals surface area contributed by atoms with Gasteiger partial charge >= 0.3 is 0 Å². The maximum atomic E-state index is 10.6. The Morgan fingerprint density at radius 2 is 1.86 bits per heavy atom. The first kappa shape index (κ1) is 12.9. The van der Waals surface area contributed by atoms with Gasteiger partial charge in [-0.25, -0.2) is 0 Å². The Balaban J connectivity index is 0.00000169. The summed E-state index contributed by atoms with van der Waals surface area (Å²) in [6.45, 7) is 0. The van der Waals surface area contributed by atoms with Gasteiger partial charge in [0.25, 0.3) is 0 Å². The van der Waals surface area contributed by atoms with Gasteiger partial charge in [0.15, 0.2) is 0 Å². The van der Waals surface area contributed by atoms with E-state index in [0.717, 1.165) is 6.42 Å². The van der Waals surface area contributed by atoms with Crippen molar-refractivity contribution in [1.82, 2.24) is 0 Å². The molecule has 0 unspecified atom stereocenters. The summed E-state index contributed by atoms with van der Waals surface area (Å²) >= 11 is 0. The van der Waals surface area contributed by atoms with Crippen LogP contribution in [0.1, 0.15) is 12.0 Å². The zero-order valence-corrected chi connectivity index (χ0v) is 8.67. The Morgan fingerprint density at radius 3 is 2.36 bits per heavy atom. The minimum Gasteiger partial charge on any atom is -0.368 e. The highest BCUT2D eigenvalue weighted by Crippen LogP contribution is 2.03. The third-order valence-electron chi connectivity index (χ3n) is 1.95. The monoisotopic (exact) mass is 214 g/mol. The largest absolute Gasteiger partial charge is 0.368 e.